The van der Waals surface area contributed by atoms with Gasteiger partial charge in [-0.1, -0.05) is 29.5 Å². The molecule has 0 radical (unpaired) electrons. The lowest BCUT2D eigenvalue weighted by Crippen LogP contribution is -2.03. The smallest absolute Gasteiger partial charge is 0.247 e. The average molecular weight is 359 g/mol. The molecule has 25 heavy (non-hydrogen) atoms. The number of thioether (sulfide) groups is 1. The molecule has 2 heterocycles. The van der Waals surface area contributed by atoms with Crippen LogP contribution in [0.2, 0.25) is 0 Å². The number of hydrogen-bond acceptors (Lipinski definition) is 7. The van der Waals surface area contributed by atoms with Crippen LogP contribution >= 0.6 is 11.8 Å². The quantitative estimate of drug-likeness (QED) is 0.450. The predicted octanol–water partition coefficient (Wildman–Crippen LogP) is 3.53. The van der Waals surface area contributed by atoms with Gasteiger partial charge in [-0.2, -0.15) is 0 Å². The third kappa shape index (κ3) is 4.46. The van der Waals surface area contributed by atoms with E-state index < -0.39 is 0 Å². The molecule has 0 bridgehead atoms. The van der Waals surface area contributed by atoms with Crippen molar-refractivity contribution in [2.45, 2.75) is 37.2 Å². The zero-order valence-electron chi connectivity index (χ0n) is 14.5. The molecule has 0 amide bonds. The van der Waals surface area contributed by atoms with Gasteiger partial charge in [-0.15, -0.1) is 20.4 Å². The van der Waals surface area contributed by atoms with Gasteiger partial charge in [0.05, 0.1) is 5.25 Å². The van der Waals surface area contributed by atoms with Gasteiger partial charge >= 0.3 is 0 Å². The van der Waals surface area contributed by atoms with Crippen molar-refractivity contribution in [3.63, 3.8) is 0 Å². The lowest BCUT2D eigenvalue weighted by atomic mass is 10.1. The summed E-state index contributed by atoms with van der Waals surface area (Å²) >= 11 is 1.55. The SMILES string of the molecule is COCCCn1cnnc1SC(C)c1nnc(-c2ccc(C)cc2)o1. The van der Waals surface area contributed by atoms with Crippen molar-refractivity contribution in [2.24, 2.45) is 0 Å². The monoisotopic (exact) mass is 359 g/mol. The van der Waals surface area contributed by atoms with Gasteiger partial charge in [0.15, 0.2) is 5.16 Å². The highest BCUT2D eigenvalue weighted by atomic mass is 32.2. The lowest BCUT2D eigenvalue weighted by Gasteiger charge is -2.08. The first kappa shape index (κ1) is 17.6. The summed E-state index contributed by atoms with van der Waals surface area (Å²) in [6.07, 6.45) is 2.64. The first-order valence-corrected chi connectivity index (χ1v) is 8.99. The molecule has 0 fully saturated rings. The van der Waals surface area contributed by atoms with Crippen LogP contribution in [0.25, 0.3) is 11.5 Å². The molecule has 1 atom stereocenters. The van der Waals surface area contributed by atoms with E-state index >= 15 is 0 Å². The maximum atomic E-state index is 5.84. The standard InChI is InChI=1S/C17H21N5O2S/c1-12-5-7-14(8-6-12)16-20-19-15(24-16)13(2)25-17-21-18-11-22(17)9-4-10-23-3/h5-8,11,13H,4,9-10H2,1-3H3. The minimum atomic E-state index is -0.0166. The first-order chi connectivity index (χ1) is 12.2. The van der Waals surface area contributed by atoms with E-state index in [-0.39, 0.29) is 5.25 Å². The fourth-order valence-electron chi connectivity index (χ4n) is 2.29. The largest absolute Gasteiger partial charge is 0.419 e. The van der Waals surface area contributed by atoms with Crippen LogP contribution in [-0.2, 0) is 11.3 Å². The molecule has 2 aromatic heterocycles. The van der Waals surface area contributed by atoms with Crippen molar-refractivity contribution in [1.29, 1.82) is 0 Å². The topological polar surface area (TPSA) is 78.9 Å². The van der Waals surface area contributed by atoms with Crippen LogP contribution in [0.4, 0.5) is 0 Å². The fourth-order valence-corrected chi connectivity index (χ4v) is 3.17. The first-order valence-electron chi connectivity index (χ1n) is 8.11. The van der Waals surface area contributed by atoms with Gasteiger partial charge in [0.1, 0.15) is 6.33 Å². The molecule has 3 aromatic rings. The third-order valence-corrected chi connectivity index (χ3v) is 4.78. The number of hydrogen-bond donors (Lipinski definition) is 0. The van der Waals surface area contributed by atoms with Crippen molar-refractivity contribution < 1.29 is 9.15 Å². The van der Waals surface area contributed by atoms with Crippen LogP contribution in [0, 0.1) is 6.92 Å². The van der Waals surface area contributed by atoms with Gasteiger partial charge in [-0.3, -0.25) is 0 Å². The number of benzene rings is 1. The summed E-state index contributed by atoms with van der Waals surface area (Å²) in [5.41, 5.74) is 2.12. The summed E-state index contributed by atoms with van der Waals surface area (Å²) in [5.74, 6) is 1.11. The number of ether oxygens (including phenoxy) is 1. The molecule has 0 saturated carbocycles. The minimum Gasteiger partial charge on any atom is -0.419 e. The van der Waals surface area contributed by atoms with Gasteiger partial charge in [0.25, 0.3) is 0 Å². The van der Waals surface area contributed by atoms with Crippen molar-refractivity contribution in [2.75, 3.05) is 13.7 Å². The molecule has 1 aromatic carbocycles. The number of aromatic nitrogens is 5. The molecule has 1 unspecified atom stereocenters. The summed E-state index contributed by atoms with van der Waals surface area (Å²) in [5, 5.41) is 17.3. The maximum absolute atomic E-state index is 5.84. The van der Waals surface area contributed by atoms with E-state index in [2.05, 4.69) is 20.4 Å². The highest BCUT2D eigenvalue weighted by Gasteiger charge is 2.19. The summed E-state index contributed by atoms with van der Waals surface area (Å²) in [4.78, 5) is 0. The molecular formula is C17H21N5O2S. The summed E-state index contributed by atoms with van der Waals surface area (Å²) in [7, 11) is 1.70. The second-order valence-corrected chi connectivity index (χ2v) is 7.03. The zero-order valence-corrected chi connectivity index (χ0v) is 15.4. The van der Waals surface area contributed by atoms with E-state index in [0.717, 1.165) is 23.7 Å². The Morgan fingerprint density at radius 2 is 2.00 bits per heavy atom. The summed E-state index contributed by atoms with van der Waals surface area (Å²) in [6, 6.07) is 8.02. The van der Waals surface area contributed by atoms with E-state index in [1.165, 1.54) is 5.56 Å². The third-order valence-electron chi connectivity index (χ3n) is 3.70. The molecular weight excluding hydrogens is 338 g/mol. The Balaban J connectivity index is 1.67. The minimum absolute atomic E-state index is 0.0166. The number of rotatable bonds is 8. The normalized spacial score (nSPS) is 12.4. The Bertz CT molecular complexity index is 799. The second kappa shape index (κ2) is 8.26. The van der Waals surface area contributed by atoms with Crippen molar-refractivity contribution in [3.05, 3.63) is 42.0 Å². The number of nitrogens with zero attached hydrogens (tertiary/aromatic N) is 5. The molecule has 0 aliphatic heterocycles. The Kier molecular flexibility index (Phi) is 5.83. The average Bonchev–Trinajstić information content (AvgIpc) is 3.26. The summed E-state index contributed by atoms with van der Waals surface area (Å²) in [6.45, 7) is 5.59. The fraction of sp³-hybridized carbons (Fsp3) is 0.412. The lowest BCUT2D eigenvalue weighted by molar-refractivity contribution is 0.189. The molecule has 7 nitrogen and oxygen atoms in total. The van der Waals surface area contributed by atoms with Crippen LogP contribution in [0.5, 0.6) is 0 Å². The molecule has 0 aliphatic carbocycles. The van der Waals surface area contributed by atoms with E-state index in [4.69, 9.17) is 9.15 Å². The van der Waals surface area contributed by atoms with Crippen molar-refractivity contribution >= 4 is 11.8 Å². The molecule has 0 spiro atoms. The zero-order chi connectivity index (χ0) is 17.6. The Morgan fingerprint density at radius 3 is 2.76 bits per heavy atom. The van der Waals surface area contributed by atoms with Crippen LogP contribution in [0.1, 0.15) is 30.0 Å². The van der Waals surface area contributed by atoms with E-state index in [9.17, 15) is 0 Å². The van der Waals surface area contributed by atoms with Gasteiger partial charge < -0.3 is 13.7 Å². The van der Waals surface area contributed by atoms with Gasteiger partial charge in [-0.25, -0.2) is 0 Å². The highest BCUT2D eigenvalue weighted by Crippen LogP contribution is 2.34. The molecule has 132 valence electrons. The molecule has 3 rings (SSSR count). The van der Waals surface area contributed by atoms with Gasteiger partial charge in [-0.05, 0) is 32.4 Å². The van der Waals surface area contributed by atoms with Crippen LogP contribution in [0.15, 0.2) is 40.2 Å². The van der Waals surface area contributed by atoms with E-state index in [1.54, 1.807) is 25.2 Å². The Morgan fingerprint density at radius 1 is 1.20 bits per heavy atom. The van der Waals surface area contributed by atoms with E-state index in [1.807, 2.05) is 42.7 Å². The van der Waals surface area contributed by atoms with Crippen LogP contribution < -0.4 is 0 Å². The number of methoxy groups -OCH3 is 1. The number of aryl methyl sites for hydroxylation is 2. The van der Waals surface area contributed by atoms with E-state index in [0.29, 0.717) is 18.4 Å². The maximum Gasteiger partial charge on any atom is 0.247 e. The van der Waals surface area contributed by atoms with Crippen molar-refractivity contribution in [1.82, 2.24) is 25.0 Å². The van der Waals surface area contributed by atoms with Crippen LogP contribution in [-0.4, -0.2) is 38.7 Å². The molecule has 0 N–H and O–H groups in total. The second-order valence-electron chi connectivity index (χ2n) is 5.72. The Labute approximate surface area is 150 Å². The molecule has 0 saturated heterocycles. The summed E-state index contributed by atoms with van der Waals surface area (Å²) < 4.78 is 12.9. The van der Waals surface area contributed by atoms with Gasteiger partial charge in [0.2, 0.25) is 11.8 Å². The Hall–Kier alpha value is -2.19. The molecule has 8 heteroatoms. The highest BCUT2D eigenvalue weighted by molar-refractivity contribution is 7.99. The molecule has 0 aliphatic rings. The predicted molar refractivity (Wildman–Crippen MR) is 95.3 cm³/mol. The van der Waals surface area contributed by atoms with Gasteiger partial charge in [0, 0.05) is 25.8 Å². The van der Waals surface area contributed by atoms with Crippen molar-refractivity contribution in [3.8, 4) is 11.5 Å². The van der Waals surface area contributed by atoms with Crippen LogP contribution in [0.3, 0.4) is 0 Å².